The standard InChI is InChI=1S/C25H20BrClFN3O4S/c26-19-8-1-14(11-20(19)28)9-10-36(34,35)30-21-13-31-22(12-18(21)15-2-3-15)23(25(32)33)24(29-31)16-4-6-17(27)7-5-16/h1,4-8,11-13,15,30H,2-3,9-10H2,(H,32,33). The summed E-state index contributed by atoms with van der Waals surface area (Å²) in [5, 5.41) is 14.9. The second-order valence-corrected chi connectivity index (χ2v) is 11.8. The van der Waals surface area contributed by atoms with Crippen molar-refractivity contribution in [3.63, 3.8) is 0 Å². The van der Waals surface area contributed by atoms with Gasteiger partial charge in [0, 0.05) is 10.6 Å². The van der Waals surface area contributed by atoms with Gasteiger partial charge in [-0.05, 0) is 82.6 Å². The molecule has 1 aliphatic rings. The molecule has 1 saturated carbocycles. The summed E-state index contributed by atoms with van der Waals surface area (Å²) in [5.74, 6) is -1.70. The number of fused-ring (bicyclic) bond motifs is 1. The topological polar surface area (TPSA) is 101 Å². The van der Waals surface area contributed by atoms with Gasteiger partial charge >= 0.3 is 5.97 Å². The Labute approximate surface area is 220 Å². The molecule has 36 heavy (non-hydrogen) atoms. The van der Waals surface area contributed by atoms with E-state index >= 15 is 0 Å². The van der Waals surface area contributed by atoms with Crippen LogP contribution in [0.3, 0.4) is 0 Å². The molecule has 2 N–H and O–H groups in total. The minimum Gasteiger partial charge on any atom is -0.478 e. The number of aromatic nitrogens is 2. The van der Waals surface area contributed by atoms with Gasteiger partial charge in [0.15, 0.2) is 0 Å². The number of halogens is 3. The molecule has 5 rings (SSSR count). The first kappa shape index (κ1) is 24.7. The van der Waals surface area contributed by atoms with E-state index in [0.29, 0.717) is 31.8 Å². The lowest BCUT2D eigenvalue weighted by molar-refractivity contribution is 0.0699. The normalized spacial score (nSPS) is 13.8. The van der Waals surface area contributed by atoms with Crippen LogP contribution in [0.25, 0.3) is 16.8 Å². The SMILES string of the molecule is O=C(O)c1c(-c2ccc(Cl)cc2)nn2cc(NS(=O)(=O)CCc3ccc(Br)c(F)c3)c(C3CC3)cc12. The van der Waals surface area contributed by atoms with Crippen LogP contribution in [-0.4, -0.2) is 34.9 Å². The molecule has 2 heterocycles. The Hall–Kier alpha value is -2.95. The van der Waals surface area contributed by atoms with Crippen LogP contribution < -0.4 is 4.72 Å². The maximum Gasteiger partial charge on any atom is 0.340 e. The summed E-state index contributed by atoms with van der Waals surface area (Å²) in [6.07, 6.45) is 3.41. The molecule has 0 radical (unpaired) electrons. The van der Waals surface area contributed by atoms with Gasteiger partial charge in [0.05, 0.1) is 27.6 Å². The van der Waals surface area contributed by atoms with Crippen molar-refractivity contribution in [3.8, 4) is 11.3 Å². The molecule has 0 aliphatic heterocycles. The van der Waals surface area contributed by atoms with Crippen LogP contribution in [0.15, 0.2) is 59.2 Å². The third-order valence-electron chi connectivity index (χ3n) is 6.06. The van der Waals surface area contributed by atoms with Gasteiger partial charge in [0.25, 0.3) is 0 Å². The maximum absolute atomic E-state index is 13.8. The van der Waals surface area contributed by atoms with E-state index in [9.17, 15) is 22.7 Å². The van der Waals surface area contributed by atoms with E-state index < -0.39 is 21.8 Å². The first-order valence-corrected chi connectivity index (χ1v) is 13.9. The Morgan fingerprint density at radius 2 is 1.92 bits per heavy atom. The number of hydrogen-bond acceptors (Lipinski definition) is 4. The zero-order valence-electron chi connectivity index (χ0n) is 18.7. The maximum atomic E-state index is 13.8. The van der Waals surface area contributed by atoms with Crippen LogP contribution in [0.4, 0.5) is 10.1 Å². The van der Waals surface area contributed by atoms with E-state index in [1.807, 2.05) is 0 Å². The van der Waals surface area contributed by atoms with E-state index in [2.05, 4.69) is 25.8 Å². The van der Waals surface area contributed by atoms with Gasteiger partial charge in [-0.3, -0.25) is 4.72 Å². The molecule has 0 atom stereocenters. The van der Waals surface area contributed by atoms with Crippen molar-refractivity contribution in [2.24, 2.45) is 0 Å². The fraction of sp³-hybridized carbons (Fsp3) is 0.200. The van der Waals surface area contributed by atoms with Gasteiger partial charge in [-0.15, -0.1) is 0 Å². The second kappa shape index (κ2) is 9.49. The van der Waals surface area contributed by atoms with Crippen LogP contribution in [0.1, 0.15) is 40.2 Å². The van der Waals surface area contributed by atoms with Crippen molar-refractivity contribution >= 4 is 54.7 Å². The Morgan fingerprint density at radius 1 is 1.19 bits per heavy atom. The molecule has 0 spiro atoms. The highest BCUT2D eigenvalue weighted by Gasteiger charge is 2.30. The number of carbonyl (C=O) groups is 1. The molecule has 0 saturated heterocycles. The molecule has 186 valence electrons. The Bertz CT molecular complexity index is 1600. The first-order valence-electron chi connectivity index (χ1n) is 11.1. The minimum absolute atomic E-state index is 0.0332. The van der Waals surface area contributed by atoms with Gasteiger partial charge in [0.1, 0.15) is 17.1 Å². The highest BCUT2D eigenvalue weighted by molar-refractivity contribution is 9.10. The van der Waals surface area contributed by atoms with Gasteiger partial charge in [-0.2, -0.15) is 5.10 Å². The van der Waals surface area contributed by atoms with Crippen LogP contribution in [0, 0.1) is 5.82 Å². The molecule has 0 amide bonds. The first-order chi connectivity index (χ1) is 17.1. The number of aryl methyl sites for hydroxylation is 1. The van der Waals surface area contributed by atoms with Crippen molar-refractivity contribution in [3.05, 3.63) is 86.7 Å². The minimum atomic E-state index is -3.79. The fourth-order valence-electron chi connectivity index (χ4n) is 4.11. The predicted molar refractivity (Wildman–Crippen MR) is 140 cm³/mol. The molecule has 0 bridgehead atoms. The lowest BCUT2D eigenvalue weighted by Gasteiger charge is -2.13. The number of aromatic carboxylic acids is 1. The summed E-state index contributed by atoms with van der Waals surface area (Å²) >= 11 is 9.07. The monoisotopic (exact) mass is 591 g/mol. The smallest absolute Gasteiger partial charge is 0.340 e. The molecule has 11 heteroatoms. The summed E-state index contributed by atoms with van der Waals surface area (Å²) in [4.78, 5) is 12.2. The Balaban J connectivity index is 1.50. The average Bonchev–Trinajstić information content (AvgIpc) is 3.60. The quantitative estimate of drug-likeness (QED) is 0.257. The number of anilines is 1. The number of carboxylic acids is 1. The van der Waals surface area contributed by atoms with E-state index in [-0.39, 0.29) is 29.3 Å². The summed E-state index contributed by atoms with van der Waals surface area (Å²) in [5.41, 5.74) is 2.90. The third-order valence-corrected chi connectivity index (χ3v) is 8.23. The summed E-state index contributed by atoms with van der Waals surface area (Å²) in [6, 6.07) is 12.9. The molecular formula is C25H20BrClFN3O4S. The zero-order valence-corrected chi connectivity index (χ0v) is 21.9. The highest BCUT2D eigenvalue weighted by Crippen LogP contribution is 2.45. The lowest BCUT2D eigenvalue weighted by Crippen LogP contribution is -2.19. The number of pyridine rings is 1. The number of hydrogen-bond donors (Lipinski definition) is 2. The Kier molecular flexibility index (Phi) is 6.52. The number of nitrogens with one attached hydrogen (secondary N) is 1. The largest absolute Gasteiger partial charge is 0.478 e. The van der Waals surface area contributed by atoms with Gasteiger partial charge in [-0.25, -0.2) is 22.1 Å². The number of sulfonamides is 1. The summed E-state index contributed by atoms with van der Waals surface area (Å²) < 4.78 is 44.0. The van der Waals surface area contributed by atoms with E-state index in [4.69, 9.17) is 11.6 Å². The molecule has 7 nitrogen and oxygen atoms in total. The Morgan fingerprint density at radius 3 is 2.56 bits per heavy atom. The summed E-state index contributed by atoms with van der Waals surface area (Å²) in [7, 11) is -3.79. The molecule has 1 fully saturated rings. The van der Waals surface area contributed by atoms with Crippen molar-refractivity contribution < 1.29 is 22.7 Å². The van der Waals surface area contributed by atoms with Crippen molar-refractivity contribution in [1.82, 2.24) is 9.61 Å². The molecule has 2 aromatic carbocycles. The van der Waals surface area contributed by atoms with Crippen LogP contribution in [-0.2, 0) is 16.4 Å². The number of rotatable bonds is 8. The highest BCUT2D eigenvalue weighted by atomic mass is 79.9. The van der Waals surface area contributed by atoms with E-state index in [1.54, 1.807) is 42.5 Å². The third kappa shape index (κ3) is 5.11. The number of benzene rings is 2. The molecule has 4 aromatic rings. The van der Waals surface area contributed by atoms with Crippen LogP contribution in [0.5, 0.6) is 0 Å². The number of carboxylic acid groups (broad SMARTS) is 1. The second-order valence-electron chi connectivity index (χ2n) is 8.70. The average molecular weight is 593 g/mol. The molecule has 0 unspecified atom stereocenters. The van der Waals surface area contributed by atoms with Crippen molar-refractivity contribution in [1.29, 1.82) is 0 Å². The van der Waals surface area contributed by atoms with Crippen molar-refractivity contribution in [2.75, 3.05) is 10.5 Å². The lowest BCUT2D eigenvalue weighted by atomic mass is 10.0. The zero-order chi connectivity index (χ0) is 25.6. The summed E-state index contributed by atoms with van der Waals surface area (Å²) in [6.45, 7) is 0. The van der Waals surface area contributed by atoms with E-state index in [0.717, 1.165) is 18.4 Å². The van der Waals surface area contributed by atoms with Gasteiger partial charge < -0.3 is 5.11 Å². The van der Waals surface area contributed by atoms with Gasteiger partial charge in [0.2, 0.25) is 10.0 Å². The van der Waals surface area contributed by atoms with Crippen molar-refractivity contribution in [2.45, 2.75) is 25.2 Å². The molecular weight excluding hydrogens is 573 g/mol. The predicted octanol–water partition coefficient (Wildman–Crippen LogP) is 6.12. The number of nitrogens with zero attached hydrogens (tertiary/aromatic N) is 2. The molecule has 2 aromatic heterocycles. The van der Waals surface area contributed by atoms with Crippen LogP contribution >= 0.6 is 27.5 Å². The van der Waals surface area contributed by atoms with Gasteiger partial charge in [-0.1, -0.05) is 29.8 Å². The fourth-order valence-corrected chi connectivity index (χ4v) is 5.59. The molecule has 1 aliphatic carbocycles. The van der Waals surface area contributed by atoms with Crippen LogP contribution in [0.2, 0.25) is 5.02 Å². The van der Waals surface area contributed by atoms with E-state index in [1.165, 1.54) is 16.8 Å².